The van der Waals surface area contributed by atoms with E-state index in [1.807, 2.05) is 0 Å². The molecule has 0 saturated carbocycles. The lowest BCUT2D eigenvalue weighted by Gasteiger charge is -2.11. The molecule has 0 radical (unpaired) electrons. The smallest absolute Gasteiger partial charge is 0.240 e. The van der Waals surface area contributed by atoms with Gasteiger partial charge in [0.1, 0.15) is 0 Å². The van der Waals surface area contributed by atoms with Gasteiger partial charge in [-0.1, -0.05) is 24.3 Å². The fourth-order valence-electron chi connectivity index (χ4n) is 1.51. The lowest BCUT2D eigenvalue weighted by atomic mass is 10.1. The van der Waals surface area contributed by atoms with E-state index in [1.165, 1.54) is 12.1 Å². The lowest BCUT2D eigenvalue weighted by Crippen LogP contribution is -2.21. The van der Waals surface area contributed by atoms with Crippen molar-refractivity contribution in [2.45, 2.75) is 18.5 Å². The molecule has 0 amide bonds. The molecule has 1 aromatic rings. The summed E-state index contributed by atoms with van der Waals surface area (Å²) in [6, 6.07) is 5.98. The van der Waals surface area contributed by atoms with Gasteiger partial charge in [0.15, 0.2) is 6.17 Å². The average Bonchev–Trinajstić information content (AvgIpc) is 2.25. The van der Waals surface area contributed by atoms with Gasteiger partial charge in [-0.25, -0.2) is 4.39 Å². The molecule has 0 nitrogen and oxygen atoms in total. The predicted molar refractivity (Wildman–Crippen MR) is 38.9 cm³/mol. The van der Waals surface area contributed by atoms with E-state index < -0.39 is 12.1 Å². The van der Waals surface area contributed by atoms with Gasteiger partial charge < -0.3 is 0 Å². The third-order valence-corrected chi connectivity index (χ3v) is 2.17. The van der Waals surface area contributed by atoms with Gasteiger partial charge in [0.25, 0.3) is 0 Å². The SMILES string of the molecule is FC1Cc2ccccc2C1(F)F. The minimum Gasteiger partial charge on any atom is -0.240 e. The quantitative estimate of drug-likeness (QED) is 0.564. The molecule has 1 atom stereocenters. The van der Waals surface area contributed by atoms with Gasteiger partial charge in [0.2, 0.25) is 0 Å². The zero-order valence-electron chi connectivity index (χ0n) is 6.23. The minimum absolute atomic E-state index is 0.155. The van der Waals surface area contributed by atoms with Crippen molar-refractivity contribution in [2.75, 3.05) is 0 Å². The van der Waals surface area contributed by atoms with Gasteiger partial charge in [0, 0.05) is 12.0 Å². The molecule has 0 aromatic heterocycles. The monoisotopic (exact) mass is 172 g/mol. The fourth-order valence-corrected chi connectivity index (χ4v) is 1.51. The highest BCUT2D eigenvalue weighted by Gasteiger charge is 2.48. The van der Waals surface area contributed by atoms with Crippen LogP contribution in [0.1, 0.15) is 11.1 Å². The van der Waals surface area contributed by atoms with E-state index in [2.05, 4.69) is 0 Å². The summed E-state index contributed by atoms with van der Waals surface area (Å²) in [5.41, 5.74) is 0.271. The number of benzene rings is 1. The number of hydrogen-bond donors (Lipinski definition) is 0. The molecular formula is C9H7F3. The van der Waals surface area contributed by atoms with Gasteiger partial charge in [-0.2, -0.15) is 8.78 Å². The molecule has 0 fully saturated rings. The maximum absolute atomic E-state index is 13.0. The molecule has 0 aliphatic heterocycles. The van der Waals surface area contributed by atoms with Crippen molar-refractivity contribution in [3.8, 4) is 0 Å². The maximum Gasteiger partial charge on any atom is 0.304 e. The Labute approximate surface area is 68.0 Å². The first-order valence-electron chi connectivity index (χ1n) is 3.72. The second kappa shape index (κ2) is 2.25. The van der Waals surface area contributed by atoms with Crippen LogP contribution in [0.25, 0.3) is 0 Å². The molecule has 0 saturated heterocycles. The molecule has 0 heterocycles. The first-order valence-corrected chi connectivity index (χ1v) is 3.72. The Kier molecular flexibility index (Phi) is 1.43. The first kappa shape index (κ1) is 7.65. The van der Waals surface area contributed by atoms with Crippen molar-refractivity contribution in [3.63, 3.8) is 0 Å². The molecule has 0 bridgehead atoms. The highest BCUT2D eigenvalue weighted by Crippen LogP contribution is 2.43. The molecular weight excluding hydrogens is 165 g/mol. The highest BCUT2D eigenvalue weighted by molar-refractivity contribution is 5.37. The summed E-state index contributed by atoms with van der Waals surface area (Å²) in [7, 11) is 0. The van der Waals surface area contributed by atoms with Crippen LogP contribution in [-0.2, 0) is 12.3 Å². The summed E-state index contributed by atoms with van der Waals surface area (Å²) in [6.45, 7) is 0. The van der Waals surface area contributed by atoms with E-state index in [-0.39, 0.29) is 12.0 Å². The standard InChI is InChI=1S/C9H7F3/c10-8-5-6-3-1-2-4-7(6)9(8,11)12/h1-4,8H,5H2. The van der Waals surface area contributed by atoms with Crippen LogP contribution in [0.3, 0.4) is 0 Å². The van der Waals surface area contributed by atoms with Crippen LogP contribution in [-0.4, -0.2) is 6.17 Å². The predicted octanol–water partition coefficient (Wildman–Crippen LogP) is 2.67. The molecule has 3 heteroatoms. The molecule has 0 spiro atoms. The van der Waals surface area contributed by atoms with E-state index >= 15 is 0 Å². The fraction of sp³-hybridized carbons (Fsp3) is 0.333. The lowest BCUT2D eigenvalue weighted by molar-refractivity contribution is -0.0656. The number of alkyl halides is 3. The van der Waals surface area contributed by atoms with Crippen LogP contribution in [0, 0.1) is 0 Å². The van der Waals surface area contributed by atoms with Gasteiger partial charge in [0.05, 0.1) is 0 Å². The van der Waals surface area contributed by atoms with Crippen molar-refractivity contribution in [1.29, 1.82) is 0 Å². The van der Waals surface area contributed by atoms with Crippen LogP contribution in [0.15, 0.2) is 24.3 Å². The van der Waals surface area contributed by atoms with E-state index in [1.54, 1.807) is 12.1 Å². The first-order chi connectivity index (χ1) is 5.62. The van der Waals surface area contributed by atoms with Gasteiger partial charge in [-0.3, -0.25) is 0 Å². The second-order valence-electron chi connectivity index (χ2n) is 2.95. The third kappa shape index (κ3) is 0.854. The van der Waals surface area contributed by atoms with Gasteiger partial charge in [-0.15, -0.1) is 0 Å². The zero-order chi connectivity index (χ0) is 8.77. The number of rotatable bonds is 0. The summed E-state index contributed by atoms with van der Waals surface area (Å²) < 4.78 is 38.7. The van der Waals surface area contributed by atoms with Crippen LogP contribution < -0.4 is 0 Å². The van der Waals surface area contributed by atoms with Crippen molar-refractivity contribution < 1.29 is 13.2 Å². The minimum atomic E-state index is -3.28. The number of hydrogen-bond acceptors (Lipinski definition) is 0. The highest BCUT2D eigenvalue weighted by atomic mass is 19.3. The molecule has 12 heavy (non-hydrogen) atoms. The van der Waals surface area contributed by atoms with Crippen LogP contribution >= 0.6 is 0 Å². The van der Waals surface area contributed by atoms with Gasteiger partial charge in [-0.05, 0) is 5.56 Å². The summed E-state index contributed by atoms with van der Waals surface area (Å²) in [6.07, 6.45) is -2.21. The van der Waals surface area contributed by atoms with Crippen LogP contribution in [0.2, 0.25) is 0 Å². The Bertz CT molecular complexity index is 306. The molecule has 0 N–H and O–H groups in total. The van der Waals surface area contributed by atoms with Crippen LogP contribution in [0.4, 0.5) is 13.2 Å². The molecule has 64 valence electrons. The largest absolute Gasteiger partial charge is 0.304 e. The van der Waals surface area contributed by atoms with E-state index in [0.29, 0.717) is 5.56 Å². The van der Waals surface area contributed by atoms with Crippen molar-refractivity contribution in [3.05, 3.63) is 35.4 Å². The second-order valence-corrected chi connectivity index (χ2v) is 2.95. The molecule has 1 aliphatic rings. The topological polar surface area (TPSA) is 0 Å². The Morgan fingerprint density at radius 2 is 1.92 bits per heavy atom. The summed E-state index contributed by atoms with van der Waals surface area (Å²) in [5.74, 6) is -3.28. The number of fused-ring (bicyclic) bond motifs is 1. The number of halogens is 3. The molecule has 1 aromatic carbocycles. The van der Waals surface area contributed by atoms with E-state index in [9.17, 15) is 13.2 Å². The Hall–Kier alpha value is -0.990. The normalized spacial score (nSPS) is 25.4. The maximum atomic E-state index is 13.0. The Morgan fingerprint density at radius 1 is 1.25 bits per heavy atom. The molecule has 1 aliphatic carbocycles. The van der Waals surface area contributed by atoms with Crippen LogP contribution in [0.5, 0.6) is 0 Å². The third-order valence-electron chi connectivity index (χ3n) is 2.17. The van der Waals surface area contributed by atoms with Crippen molar-refractivity contribution in [2.24, 2.45) is 0 Å². The summed E-state index contributed by atoms with van der Waals surface area (Å²) >= 11 is 0. The summed E-state index contributed by atoms with van der Waals surface area (Å²) in [4.78, 5) is 0. The van der Waals surface area contributed by atoms with Gasteiger partial charge >= 0.3 is 5.92 Å². The van der Waals surface area contributed by atoms with E-state index in [0.717, 1.165) is 0 Å². The van der Waals surface area contributed by atoms with Crippen molar-refractivity contribution in [1.82, 2.24) is 0 Å². The zero-order valence-corrected chi connectivity index (χ0v) is 6.23. The van der Waals surface area contributed by atoms with E-state index in [4.69, 9.17) is 0 Å². The average molecular weight is 172 g/mol. The summed E-state index contributed by atoms with van der Waals surface area (Å²) in [5, 5.41) is 0. The Balaban J connectivity index is 2.55. The molecule has 2 rings (SSSR count). The van der Waals surface area contributed by atoms with Crippen molar-refractivity contribution >= 4 is 0 Å². The molecule has 1 unspecified atom stereocenters. The Morgan fingerprint density at radius 3 is 2.58 bits per heavy atom.